The summed E-state index contributed by atoms with van der Waals surface area (Å²) in [6, 6.07) is 7.46. The number of hydrogen-bond donors (Lipinski definition) is 1. The first-order valence-electron chi connectivity index (χ1n) is 6.13. The average Bonchev–Trinajstić information content (AvgIpc) is 2.39. The lowest BCUT2D eigenvalue weighted by Crippen LogP contribution is -2.14. The number of aryl methyl sites for hydroxylation is 1. The van der Waals surface area contributed by atoms with Gasteiger partial charge in [-0.25, -0.2) is 0 Å². The minimum atomic E-state index is -4.52. The molecule has 2 nitrogen and oxygen atoms in total. The summed E-state index contributed by atoms with van der Waals surface area (Å²) >= 11 is 11.8. The number of rotatable bonds is 2. The molecular weight excluding hydrogens is 338 g/mol. The normalized spacial score (nSPS) is 11.4. The lowest BCUT2D eigenvalue weighted by molar-refractivity contribution is -0.137. The summed E-state index contributed by atoms with van der Waals surface area (Å²) in [5.41, 5.74) is -0.0141. The monoisotopic (exact) mass is 347 g/mol. The number of hydrogen-bond acceptors (Lipinski definition) is 1. The molecule has 0 unspecified atom stereocenters. The Bertz CT molecular complexity index is 729. The van der Waals surface area contributed by atoms with Crippen LogP contribution in [0.15, 0.2) is 36.4 Å². The smallest absolute Gasteiger partial charge is 0.321 e. The second-order valence-electron chi connectivity index (χ2n) is 4.63. The van der Waals surface area contributed by atoms with E-state index in [4.69, 9.17) is 23.2 Å². The predicted octanol–water partition coefficient (Wildman–Crippen LogP) is 5.57. The van der Waals surface area contributed by atoms with Crippen molar-refractivity contribution in [1.29, 1.82) is 0 Å². The van der Waals surface area contributed by atoms with Gasteiger partial charge in [0.1, 0.15) is 0 Å². The van der Waals surface area contributed by atoms with Gasteiger partial charge in [0.25, 0.3) is 5.91 Å². The molecule has 0 aromatic heterocycles. The molecule has 7 heteroatoms. The Morgan fingerprint density at radius 3 is 2.32 bits per heavy atom. The third kappa shape index (κ3) is 3.72. The molecule has 0 saturated heterocycles. The minimum absolute atomic E-state index is 0.00424. The number of benzene rings is 2. The van der Waals surface area contributed by atoms with E-state index < -0.39 is 17.6 Å². The molecule has 0 heterocycles. The van der Waals surface area contributed by atoms with Crippen molar-refractivity contribution < 1.29 is 18.0 Å². The highest BCUT2D eigenvalue weighted by atomic mass is 35.5. The van der Waals surface area contributed by atoms with Gasteiger partial charge in [0.05, 0.1) is 26.9 Å². The summed E-state index contributed by atoms with van der Waals surface area (Å²) in [6.07, 6.45) is -4.52. The number of amides is 1. The molecule has 0 saturated carbocycles. The Kier molecular flexibility index (Phi) is 4.68. The molecule has 2 aromatic rings. The van der Waals surface area contributed by atoms with Crippen LogP contribution in [0.3, 0.4) is 0 Å². The number of nitrogens with one attached hydrogen (secondary N) is 1. The molecule has 116 valence electrons. The van der Waals surface area contributed by atoms with E-state index in [1.807, 2.05) is 0 Å². The van der Waals surface area contributed by atoms with Crippen LogP contribution in [-0.4, -0.2) is 5.91 Å². The summed E-state index contributed by atoms with van der Waals surface area (Å²) in [4.78, 5) is 12.1. The van der Waals surface area contributed by atoms with Gasteiger partial charge in [-0.2, -0.15) is 13.2 Å². The van der Waals surface area contributed by atoms with Gasteiger partial charge in [0.15, 0.2) is 0 Å². The Morgan fingerprint density at radius 1 is 1.05 bits per heavy atom. The molecule has 0 aliphatic heterocycles. The van der Waals surface area contributed by atoms with Crippen LogP contribution in [0.2, 0.25) is 10.0 Å². The number of alkyl halides is 3. The average molecular weight is 348 g/mol. The fourth-order valence-electron chi connectivity index (χ4n) is 1.79. The standard InChI is InChI=1S/C15H10Cl2F3NO/c1-8-2-4-10(12(17)6-8)14(22)21-13-7-9(15(18,19)20)3-5-11(13)16/h2-7H,1H3,(H,21,22). The summed E-state index contributed by atoms with van der Waals surface area (Å²) < 4.78 is 38.1. The maximum Gasteiger partial charge on any atom is 0.416 e. The zero-order chi connectivity index (χ0) is 16.5. The number of carbonyl (C=O) groups is 1. The number of halogens is 5. The van der Waals surface area contributed by atoms with Crippen molar-refractivity contribution in [2.24, 2.45) is 0 Å². The van der Waals surface area contributed by atoms with Crippen molar-refractivity contribution in [3.8, 4) is 0 Å². The Morgan fingerprint density at radius 2 is 1.73 bits per heavy atom. The van der Waals surface area contributed by atoms with Crippen molar-refractivity contribution in [3.05, 3.63) is 63.1 Å². The molecule has 2 rings (SSSR count). The molecule has 0 atom stereocenters. The molecule has 0 spiro atoms. The highest BCUT2D eigenvalue weighted by Gasteiger charge is 2.31. The third-order valence-electron chi connectivity index (χ3n) is 2.91. The highest BCUT2D eigenvalue weighted by Crippen LogP contribution is 2.34. The quantitative estimate of drug-likeness (QED) is 0.755. The van der Waals surface area contributed by atoms with Crippen molar-refractivity contribution in [1.82, 2.24) is 0 Å². The first kappa shape index (κ1) is 16.6. The molecule has 1 N–H and O–H groups in total. The molecule has 2 aromatic carbocycles. The topological polar surface area (TPSA) is 29.1 Å². The minimum Gasteiger partial charge on any atom is -0.321 e. The third-order valence-corrected chi connectivity index (χ3v) is 3.55. The van der Waals surface area contributed by atoms with E-state index in [0.717, 1.165) is 23.8 Å². The van der Waals surface area contributed by atoms with E-state index in [0.29, 0.717) is 0 Å². The first-order chi connectivity index (χ1) is 10.2. The highest BCUT2D eigenvalue weighted by molar-refractivity contribution is 6.36. The van der Waals surface area contributed by atoms with E-state index in [1.165, 1.54) is 6.07 Å². The maximum atomic E-state index is 12.7. The second kappa shape index (κ2) is 6.18. The molecule has 0 bridgehead atoms. The zero-order valence-corrected chi connectivity index (χ0v) is 12.8. The van der Waals surface area contributed by atoms with Gasteiger partial charge in [0, 0.05) is 0 Å². The lowest BCUT2D eigenvalue weighted by Gasteiger charge is -2.12. The zero-order valence-electron chi connectivity index (χ0n) is 11.3. The van der Waals surface area contributed by atoms with Gasteiger partial charge in [-0.15, -0.1) is 0 Å². The van der Waals surface area contributed by atoms with Crippen LogP contribution in [0, 0.1) is 6.92 Å². The van der Waals surface area contributed by atoms with Crippen molar-refractivity contribution >= 4 is 34.8 Å². The second-order valence-corrected chi connectivity index (χ2v) is 5.44. The van der Waals surface area contributed by atoms with Gasteiger partial charge in [-0.1, -0.05) is 29.3 Å². The fraction of sp³-hybridized carbons (Fsp3) is 0.133. The van der Waals surface area contributed by atoms with Crippen molar-refractivity contribution in [2.45, 2.75) is 13.1 Å². The maximum absolute atomic E-state index is 12.7. The number of carbonyl (C=O) groups excluding carboxylic acids is 1. The van der Waals surface area contributed by atoms with Gasteiger partial charge in [-0.05, 0) is 42.8 Å². The molecule has 0 aliphatic rings. The van der Waals surface area contributed by atoms with E-state index in [9.17, 15) is 18.0 Å². The van der Waals surface area contributed by atoms with Crippen molar-refractivity contribution in [3.63, 3.8) is 0 Å². The largest absolute Gasteiger partial charge is 0.416 e. The summed E-state index contributed by atoms with van der Waals surface area (Å²) in [6.45, 7) is 1.80. The molecule has 0 aliphatic carbocycles. The molecule has 0 fully saturated rings. The van der Waals surface area contributed by atoms with Crippen LogP contribution in [-0.2, 0) is 6.18 Å². The fourth-order valence-corrected chi connectivity index (χ4v) is 2.28. The van der Waals surface area contributed by atoms with Crippen LogP contribution in [0.1, 0.15) is 21.5 Å². The summed E-state index contributed by atoms with van der Waals surface area (Å²) in [7, 11) is 0. The Balaban J connectivity index is 2.32. The van der Waals surface area contributed by atoms with Crippen LogP contribution < -0.4 is 5.32 Å². The van der Waals surface area contributed by atoms with Crippen LogP contribution in [0.25, 0.3) is 0 Å². The summed E-state index contributed by atoms with van der Waals surface area (Å²) in [5, 5.41) is 2.56. The molecule has 1 amide bonds. The van der Waals surface area contributed by atoms with Crippen LogP contribution in [0.5, 0.6) is 0 Å². The first-order valence-corrected chi connectivity index (χ1v) is 6.88. The Labute approximate surface area is 134 Å². The Hall–Kier alpha value is -1.72. The van der Waals surface area contributed by atoms with E-state index in [2.05, 4.69) is 5.32 Å². The number of anilines is 1. The molecular formula is C15H10Cl2F3NO. The van der Waals surface area contributed by atoms with E-state index >= 15 is 0 Å². The lowest BCUT2D eigenvalue weighted by atomic mass is 10.1. The molecule has 0 radical (unpaired) electrons. The van der Waals surface area contributed by atoms with Gasteiger partial charge in [0.2, 0.25) is 0 Å². The van der Waals surface area contributed by atoms with E-state index in [1.54, 1.807) is 19.1 Å². The molecule has 22 heavy (non-hydrogen) atoms. The van der Waals surface area contributed by atoms with Gasteiger partial charge >= 0.3 is 6.18 Å². The van der Waals surface area contributed by atoms with E-state index in [-0.39, 0.29) is 21.3 Å². The predicted molar refractivity (Wildman–Crippen MR) is 80.6 cm³/mol. The summed E-state index contributed by atoms with van der Waals surface area (Å²) in [5.74, 6) is -0.633. The van der Waals surface area contributed by atoms with Crippen LogP contribution >= 0.6 is 23.2 Å². The van der Waals surface area contributed by atoms with Gasteiger partial charge < -0.3 is 5.32 Å². The van der Waals surface area contributed by atoms with Gasteiger partial charge in [-0.3, -0.25) is 4.79 Å². The van der Waals surface area contributed by atoms with Crippen molar-refractivity contribution in [2.75, 3.05) is 5.32 Å². The SMILES string of the molecule is Cc1ccc(C(=O)Nc2cc(C(F)(F)F)ccc2Cl)c(Cl)c1. The van der Waals surface area contributed by atoms with Crippen LogP contribution in [0.4, 0.5) is 18.9 Å².